The van der Waals surface area contributed by atoms with Crippen molar-refractivity contribution in [3.8, 4) is 0 Å². The van der Waals surface area contributed by atoms with Gasteiger partial charge in [0.1, 0.15) is 0 Å². The maximum atomic E-state index is 11.6. The maximum Gasteiger partial charge on any atom is 0.208 e. The molecule has 2 nitrogen and oxygen atoms in total. The molecule has 2 rings (SSSR count). The number of rotatable bonds is 3. The Kier molecular flexibility index (Phi) is 2.88. The quantitative estimate of drug-likeness (QED) is 0.804. The molecule has 0 spiro atoms. The van der Waals surface area contributed by atoms with Gasteiger partial charge in [-0.05, 0) is 31.9 Å². The molecule has 0 heterocycles. The van der Waals surface area contributed by atoms with Crippen LogP contribution in [0.1, 0.15) is 31.0 Å². The second-order valence-corrected chi connectivity index (χ2v) is 4.59. The third-order valence-electron chi connectivity index (χ3n) is 3.23. The lowest BCUT2D eigenvalue weighted by Gasteiger charge is -2.27. The SMILES string of the molecule is C=C1C(=O)C(NC(C)c2cccc(C)c2)=C1C. The fourth-order valence-electron chi connectivity index (χ4n) is 1.99. The van der Waals surface area contributed by atoms with Crippen LogP contribution in [-0.2, 0) is 4.79 Å². The summed E-state index contributed by atoms with van der Waals surface area (Å²) in [5.74, 6) is 0.0435. The van der Waals surface area contributed by atoms with Gasteiger partial charge in [0.2, 0.25) is 5.78 Å². The van der Waals surface area contributed by atoms with Crippen molar-refractivity contribution in [2.45, 2.75) is 26.8 Å². The molecular formula is C15H17NO. The van der Waals surface area contributed by atoms with Crippen molar-refractivity contribution in [2.24, 2.45) is 0 Å². The van der Waals surface area contributed by atoms with E-state index in [2.05, 4.69) is 43.9 Å². The molecule has 1 aliphatic carbocycles. The van der Waals surface area contributed by atoms with E-state index in [0.717, 1.165) is 5.57 Å². The number of nitrogens with one attached hydrogen (secondary N) is 1. The predicted molar refractivity (Wildman–Crippen MR) is 69.6 cm³/mol. The minimum absolute atomic E-state index is 0.0435. The zero-order valence-electron chi connectivity index (χ0n) is 10.5. The molecular weight excluding hydrogens is 210 g/mol. The Balaban J connectivity index is 2.16. The summed E-state index contributed by atoms with van der Waals surface area (Å²) < 4.78 is 0. The highest BCUT2D eigenvalue weighted by Gasteiger charge is 2.29. The Hall–Kier alpha value is -1.83. The van der Waals surface area contributed by atoms with E-state index in [0.29, 0.717) is 11.3 Å². The van der Waals surface area contributed by atoms with Gasteiger partial charge in [-0.15, -0.1) is 0 Å². The fraction of sp³-hybridized carbons (Fsp3) is 0.267. The molecule has 0 amide bonds. The predicted octanol–water partition coefficient (Wildman–Crippen LogP) is 3.06. The van der Waals surface area contributed by atoms with Crippen LogP contribution >= 0.6 is 0 Å². The molecule has 1 unspecified atom stereocenters. The van der Waals surface area contributed by atoms with E-state index >= 15 is 0 Å². The van der Waals surface area contributed by atoms with Gasteiger partial charge in [-0.2, -0.15) is 0 Å². The third kappa shape index (κ3) is 2.03. The van der Waals surface area contributed by atoms with E-state index in [1.54, 1.807) is 0 Å². The van der Waals surface area contributed by atoms with Gasteiger partial charge in [-0.25, -0.2) is 0 Å². The van der Waals surface area contributed by atoms with Crippen molar-refractivity contribution in [2.75, 3.05) is 0 Å². The molecule has 0 radical (unpaired) electrons. The standard InChI is InChI=1S/C15H17NO/c1-9-6-5-7-13(8-9)12(4)16-14-10(2)11(3)15(14)17/h5-8,12,16H,3H2,1-2,4H3. The Morgan fingerprint density at radius 3 is 2.59 bits per heavy atom. The fourth-order valence-corrected chi connectivity index (χ4v) is 1.99. The van der Waals surface area contributed by atoms with Crippen LogP contribution in [0.4, 0.5) is 0 Å². The van der Waals surface area contributed by atoms with Crippen LogP contribution in [0, 0.1) is 6.92 Å². The van der Waals surface area contributed by atoms with Gasteiger partial charge in [-0.3, -0.25) is 4.79 Å². The average molecular weight is 227 g/mol. The number of Topliss-reactive ketones (excluding diaryl/α,β-unsaturated/α-hetero) is 1. The van der Waals surface area contributed by atoms with Gasteiger partial charge in [0.05, 0.1) is 5.70 Å². The van der Waals surface area contributed by atoms with Crippen molar-refractivity contribution < 1.29 is 4.79 Å². The van der Waals surface area contributed by atoms with Crippen molar-refractivity contribution >= 4 is 5.78 Å². The molecule has 0 saturated heterocycles. The van der Waals surface area contributed by atoms with E-state index in [4.69, 9.17) is 0 Å². The molecule has 0 aromatic heterocycles. The van der Waals surface area contributed by atoms with Crippen molar-refractivity contribution in [1.29, 1.82) is 0 Å². The molecule has 17 heavy (non-hydrogen) atoms. The zero-order chi connectivity index (χ0) is 12.6. The van der Waals surface area contributed by atoms with Crippen molar-refractivity contribution in [3.63, 3.8) is 0 Å². The summed E-state index contributed by atoms with van der Waals surface area (Å²) >= 11 is 0. The minimum Gasteiger partial charge on any atom is -0.375 e. The molecule has 0 saturated carbocycles. The smallest absolute Gasteiger partial charge is 0.208 e. The largest absolute Gasteiger partial charge is 0.375 e. The number of allylic oxidation sites excluding steroid dienone is 2. The van der Waals surface area contributed by atoms with E-state index in [1.165, 1.54) is 11.1 Å². The maximum absolute atomic E-state index is 11.6. The molecule has 1 atom stereocenters. The van der Waals surface area contributed by atoms with Crippen LogP contribution in [-0.4, -0.2) is 5.78 Å². The van der Waals surface area contributed by atoms with Crippen molar-refractivity contribution in [1.82, 2.24) is 5.32 Å². The Morgan fingerprint density at radius 1 is 1.29 bits per heavy atom. The highest BCUT2D eigenvalue weighted by Crippen LogP contribution is 2.28. The lowest BCUT2D eigenvalue weighted by atomic mass is 9.88. The number of aryl methyl sites for hydroxylation is 1. The first-order chi connectivity index (χ1) is 8.00. The molecule has 0 bridgehead atoms. The van der Waals surface area contributed by atoms with E-state index in [9.17, 15) is 4.79 Å². The van der Waals surface area contributed by atoms with Crippen LogP contribution < -0.4 is 5.32 Å². The summed E-state index contributed by atoms with van der Waals surface area (Å²) in [6.07, 6.45) is 0. The number of hydrogen-bond donors (Lipinski definition) is 1. The molecule has 1 aromatic rings. The number of hydrogen-bond acceptors (Lipinski definition) is 2. The molecule has 2 heteroatoms. The normalized spacial score (nSPS) is 16.9. The highest BCUT2D eigenvalue weighted by atomic mass is 16.1. The van der Waals surface area contributed by atoms with Gasteiger partial charge < -0.3 is 5.32 Å². The van der Waals surface area contributed by atoms with Crippen LogP contribution in [0.2, 0.25) is 0 Å². The third-order valence-corrected chi connectivity index (χ3v) is 3.23. The number of ketones is 1. The monoisotopic (exact) mass is 227 g/mol. The summed E-state index contributed by atoms with van der Waals surface area (Å²) in [5, 5.41) is 3.26. The second-order valence-electron chi connectivity index (χ2n) is 4.59. The van der Waals surface area contributed by atoms with Gasteiger partial charge in [0, 0.05) is 11.6 Å². The van der Waals surface area contributed by atoms with E-state index < -0.39 is 0 Å². The van der Waals surface area contributed by atoms with Crippen LogP contribution in [0.15, 0.2) is 47.7 Å². The summed E-state index contributed by atoms with van der Waals surface area (Å²) in [7, 11) is 0. The van der Waals surface area contributed by atoms with Crippen molar-refractivity contribution in [3.05, 3.63) is 58.8 Å². The lowest BCUT2D eigenvalue weighted by molar-refractivity contribution is -0.113. The Bertz CT molecular complexity index is 525. The molecule has 1 aromatic carbocycles. The van der Waals surface area contributed by atoms with Crippen LogP contribution in [0.25, 0.3) is 0 Å². The van der Waals surface area contributed by atoms with Crippen LogP contribution in [0.3, 0.4) is 0 Å². The number of benzene rings is 1. The van der Waals surface area contributed by atoms with Crippen LogP contribution in [0.5, 0.6) is 0 Å². The van der Waals surface area contributed by atoms with Gasteiger partial charge in [0.25, 0.3) is 0 Å². The van der Waals surface area contributed by atoms with Gasteiger partial charge >= 0.3 is 0 Å². The molecule has 88 valence electrons. The summed E-state index contributed by atoms with van der Waals surface area (Å²) in [4.78, 5) is 11.6. The summed E-state index contributed by atoms with van der Waals surface area (Å²) in [6.45, 7) is 9.77. The minimum atomic E-state index is 0.0435. The topological polar surface area (TPSA) is 29.1 Å². The molecule has 0 aliphatic heterocycles. The summed E-state index contributed by atoms with van der Waals surface area (Å²) in [6, 6.07) is 8.43. The number of carbonyl (C=O) groups excluding carboxylic acids is 1. The molecule has 0 fully saturated rings. The van der Waals surface area contributed by atoms with Gasteiger partial charge in [0.15, 0.2) is 0 Å². The first-order valence-corrected chi connectivity index (χ1v) is 5.78. The lowest BCUT2D eigenvalue weighted by Crippen LogP contribution is -2.33. The van der Waals surface area contributed by atoms with E-state index in [-0.39, 0.29) is 11.8 Å². The molecule has 1 aliphatic rings. The first kappa shape index (κ1) is 11.6. The zero-order valence-corrected chi connectivity index (χ0v) is 10.5. The number of carbonyl (C=O) groups is 1. The Morgan fingerprint density at radius 2 is 2.00 bits per heavy atom. The van der Waals surface area contributed by atoms with E-state index in [1.807, 2.05) is 13.0 Å². The summed E-state index contributed by atoms with van der Waals surface area (Å²) in [5.41, 5.74) is 4.74. The average Bonchev–Trinajstić information content (AvgIpc) is 2.34. The molecule has 1 N–H and O–H groups in total. The van der Waals surface area contributed by atoms with Gasteiger partial charge in [-0.1, -0.05) is 36.4 Å². The Labute approximate surface area is 102 Å². The highest BCUT2D eigenvalue weighted by molar-refractivity contribution is 6.18. The second kappa shape index (κ2) is 4.21. The first-order valence-electron chi connectivity index (χ1n) is 5.78.